The SMILES string of the molecule is CCc1c2c(nc3cc4c(cc13)OCCO4)-c1cc3c(c(=O)n1C2)COC(=O)[C@]3(O)CC.[Na+].[O-]P. The van der Waals surface area contributed by atoms with Crippen LogP contribution in [0.25, 0.3) is 22.3 Å². The van der Waals surface area contributed by atoms with Crippen LogP contribution in [0.15, 0.2) is 23.0 Å². The zero-order valence-corrected chi connectivity index (χ0v) is 23.0. The number of hydrogen-bond donors (Lipinski definition) is 1. The molecule has 3 aromatic rings. The smallest absolute Gasteiger partial charge is 0.834 e. The second-order valence-corrected chi connectivity index (χ2v) is 8.39. The van der Waals surface area contributed by atoms with E-state index in [0.29, 0.717) is 53.8 Å². The van der Waals surface area contributed by atoms with Crippen molar-refractivity contribution >= 4 is 26.3 Å². The average Bonchev–Trinajstić information content (AvgIpc) is 3.23. The van der Waals surface area contributed by atoms with Gasteiger partial charge in [-0.05, 0) is 30.5 Å². The number of aromatic nitrogens is 2. The molecule has 3 aliphatic heterocycles. The van der Waals surface area contributed by atoms with Gasteiger partial charge in [0, 0.05) is 22.6 Å². The number of nitrogens with zero attached hydrogens (tertiary/aromatic N) is 2. The first kappa shape index (κ1) is 26.1. The maximum absolute atomic E-state index is 13.4. The minimum absolute atomic E-state index is 0. The van der Waals surface area contributed by atoms with Crippen molar-refractivity contribution in [1.82, 2.24) is 9.55 Å². The largest absolute Gasteiger partial charge is 1.00 e. The summed E-state index contributed by atoms with van der Waals surface area (Å²) in [5, 5.41) is 12.0. The molecule has 0 aliphatic carbocycles. The Morgan fingerprint density at radius 3 is 2.43 bits per heavy atom. The summed E-state index contributed by atoms with van der Waals surface area (Å²) in [5.41, 5.74) is 2.69. The number of aryl methyl sites for hydroxylation is 1. The van der Waals surface area contributed by atoms with Crippen LogP contribution in [0.1, 0.15) is 42.5 Å². The van der Waals surface area contributed by atoms with E-state index in [9.17, 15) is 14.7 Å². The molecule has 178 valence electrons. The molecule has 0 bridgehead atoms. The van der Waals surface area contributed by atoms with Gasteiger partial charge in [-0.3, -0.25) is 4.79 Å². The summed E-state index contributed by atoms with van der Waals surface area (Å²) in [6.45, 7) is 5.01. The summed E-state index contributed by atoms with van der Waals surface area (Å²) in [6, 6.07) is 5.58. The van der Waals surface area contributed by atoms with Crippen LogP contribution in [0.2, 0.25) is 0 Å². The van der Waals surface area contributed by atoms with Crippen LogP contribution >= 0.6 is 9.47 Å². The molecule has 0 fully saturated rings. The summed E-state index contributed by atoms with van der Waals surface area (Å²) in [4.78, 5) is 38.8. The van der Waals surface area contributed by atoms with E-state index >= 15 is 0 Å². The van der Waals surface area contributed by atoms with E-state index in [2.05, 4.69) is 6.92 Å². The van der Waals surface area contributed by atoms with Crippen molar-refractivity contribution in [3.05, 3.63) is 50.8 Å². The summed E-state index contributed by atoms with van der Waals surface area (Å²) in [6.07, 6.45) is 0.868. The van der Waals surface area contributed by atoms with Crippen molar-refractivity contribution in [3.8, 4) is 22.9 Å². The third-order valence-corrected chi connectivity index (χ3v) is 6.82. The number of hydrogen-bond acceptors (Lipinski definition) is 8. The fraction of sp³-hybridized carbons (Fsp3) is 0.375. The Morgan fingerprint density at radius 1 is 1.09 bits per heavy atom. The van der Waals surface area contributed by atoms with E-state index in [4.69, 9.17) is 24.1 Å². The Balaban J connectivity index is 0.000000940. The van der Waals surface area contributed by atoms with Crippen LogP contribution in [-0.2, 0) is 34.7 Å². The average molecular weight is 506 g/mol. The molecule has 2 atom stereocenters. The number of carbonyl (C=O) groups is 1. The molecule has 3 aliphatic rings. The van der Waals surface area contributed by atoms with Gasteiger partial charge in [0.05, 0.1) is 29.0 Å². The van der Waals surface area contributed by atoms with Gasteiger partial charge in [-0.15, -0.1) is 0 Å². The summed E-state index contributed by atoms with van der Waals surface area (Å²) < 4.78 is 18.3. The van der Waals surface area contributed by atoms with Gasteiger partial charge in [-0.25, -0.2) is 19.2 Å². The zero-order valence-electron chi connectivity index (χ0n) is 19.8. The monoisotopic (exact) mass is 506 g/mol. The predicted octanol–water partition coefficient (Wildman–Crippen LogP) is -1.45. The van der Waals surface area contributed by atoms with Gasteiger partial charge in [0.15, 0.2) is 17.1 Å². The third kappa shape index (κ3) is 3.80. The maximum atomic E-state index is 13.4. The molecule has 0 saturated heterocycles. The third-order valence-electron chi connectivity index (χ3n) is 6.82. The van der Waals surface area contributed by atoms with Crippen LogP contribution in [-0.4, -0.2) is 33.8 Å². The molecule has 2 aromatic heterocycles. The molecule has 1 unspecified atom stereocenters. The molecule has 6 rings (SSSR count). The number of aliphatic hydroxyl groups is 1. The molecule has 5 heterocycles. The van der Waals surface area contributed by atoms with E-state index in [1.807, 2.05) is 12.1 Å². The topological polar surface area (TPSA) is 123 Å². The van der Waals surface area contributed by atoms with Gasteiger partial charge >= 0.3 is 35.5 Å². The number of fused-ring (bicyclic) bond motifs is 6. The second-order valence-electron chi connectivity index (χ2n) is 8.39. The van der Waals surface area contributed by atoms with Crippen LogP contribution in [0.3, 0.4) is 0 Å². The molecular weight excluding hydrogens is 482 g/mol. The quantitative estimate of drug-likeness (QED) is 0.199. The molecule has 0 spiro atoms. The first-order valence-corrected chi connectivity index (χ1v) is 11.6. The minimum Gasteiger partial charge on any atom is -0.834 e. The van der Waals surface area contributed by atoms with Crippen molar-refractivity contribution < 1.29 is 58.6 Å². The molecule has 0 amide bonds. The van der Waals surface area contributed by atoms with Gasteiger partial charge in [-0.2, -0.15) is 0 Å². The van der Waals surface area contributed by atoms with E-state index < -0.39 is 11.6 Å². The van der Waals surface area contributed by atoms with Gasteiger partial charge in [-0.1, -0.05) is 13.8 Å². The Bertz CT molecular complexity index is 1410. The van der Waals surface area contributed by atoms with E-state index in [0.717, 1.165) is 28.5 Å². The normalized spacial score (nSPS) is 18.9. The number of cyclic esters (lactones) is 1. The molecular formula is C24H24N2NaO7P. The number of ether oxygens (including phenoxy) is 3. The predicted molar refractivity (Wildman–Crippen MR) is 125 cm³/mol. The van der Waals surface area contributed by atoms with Crippen molar-refractivity contribution in [1.29, 1.82) is 0 Å². The molecule has 11 heteroatoms. The number of pyridine rings is 2. The number of rotatable bonds is 2. The molecule has 1 N–H and O–H groups in total. The fourth-order valence-electron chi connectivity index (χ4n) is 5.10. The van der Waals surface area contributed by atoms with E-state index in [1.165, 1.54) is 9.47 Å². The summed E-state index contributed by atoms with van der Waals surface area (Å²) >= 11 is 0. The Hall–Kier alpha value is -2.00. The second kappa shape index (κ2) is 9.81. The minimum atomic E-state index is -1.83. The van der Waals surface area contributed by atoms with Crippen molar-refractivity contribution in [2.75, 3.05) is 13.2 Å². The van der Waals surface area contributed by atoms with Gasteiger partial charge < -0.3 is 28.8 Å². The number of carbonyl (C=O) groups excluding carboxylic acids is 1. The Labute approximate surface area is 226 Å². The standard InChI is InChI=1S/C24H22N2O6.Na.H2OP/c1-3-12-13-7-19-20(31-6-5-30-19)9-17(13)25-21-14(12)10-26-18(21)8-16-15(22(26)27)11-32-23(28)24(16,29)4-2;;1-2/h7-9,29H,3-6,10-11H2,1-2H3;;2H2/q;+1;-1/t24-;;/m0../s1. The van der Waals surface area contributed by atoms with E-state index in [-0.39, 0.29) is 48.1 Å². The molecule has 0 radical (unpaired) electrons. The van der Waals surface area contributed by atoms with E-state index in [1.54, 1.807) is 17.6 Å². The first-order chi connectivity index (χ1) is 16.5. The molecule has 35 heavy (non-hydrogen) atoms. The summed E-state index contributed by atoms with van der Waals surface area (Å²) in [5.74, 6) is 0.633. The number of esters is 1. The molecule has 0 saturated carbocycles. The van der Waals surface area contributed by atoms with Crippen LogP contribution in [0.4, 0.5) is 0 Å². The van der Waals surface area contributed by atoms with Crippen LogP contribution in [0.5, 0.6) is 11.5 Å². The van der Waals surface area contributed by atoms with Crippen molar-refractivity contribution in [2.24, 2.45) is 0 Å². The Kier molecular flexibility index (Phi) is 7.31. The van der Waals surface area contributed by atoms with Crippen LogP contribution < -0.4 is 49.5 Å². The Morgan fingerprint density at radius 2 is 1.77 bits per heavy atom. The zero-order chi connectivity index (χ0) is 24.2. The van der Waals surface area contributed by atoms with Gasteiger partial charge in [0.25, 0.3) is 5.56 Å². The molecule has 9 nitrogen and oxygen atoms in total. The van der Waals surface area contributed by atoms with Crippen molar-refractivity contribution in [2.45, 2.75) is 45.4 Å². The fourth-order valence-corrected chi connectivity index (χ4v) is 5.10. The maximum Gasteiger partial charge on any atom is 1.00 e. The van der Waals surface area contributed by atoms with Gasteiger partial charge in [0.1, 0.15) is 19.8 Å². The van der Waals surface area contributed by atoms with Crippen molar-refractivity contribution in [3.63, 3.8) is 0 Å². The van der Waals surface area contributed by atoms with Crippen LogP contribution in [0, 0.1) is 0 Å². The summed E-state index contributed by atoms with van der Waals surface area (Å²) in [7, 11) is 1.17. The first-order valence-electron chi connectivity index (χ1n) is 11.1. The van der Waals surface area contributed by atoms with Gasteiger partial charge in [0.2, 0.25) is 0 Å². The number of benzene rings is 1. The molecule has 1 aromatic carbocycles.